The van der Waals surface area contributed by atoms with Crippen molar-refractivity contribution in [3.63, 3.8) is 0 Å². The van der Waals surface area contributed by atoms with Crippen LogP contribution in [0.2, 0.25) is 0 Å². The summed E-state index contributed by atoms with van der Waals surface area (Å²) in [6.45, 7) is 0. The molecular weight excluding hydrogens is 422 g/mol. The van der Waals surface area contributed by atoms with Gasteiger partial charge in [0, 0.05) is 11.8 Å². The Kier molecular flexibility index (Phi) is 5.67. The highest BCUT2D eigenvalue weighted by molar-refractivity contribution is 7.90. The smallest absolute Gasteiger partial charge is 0.319 e. The van der Waals surface area contributed by atoms with E-state index in [9.17, 15) is 30.8 Å². The van der Waals surface area contributed by atoms with E-state index in [2.05, 4.69) is 5.32 Å². The van der Waals surface area contributed by atoms with Crippen molar-refractivity contribution < 1.29 is 30.8 Å². The van der Waals surface area contributed by atoms with E-state index in [0.717, 1.165) is 36.6 Å². The SMILES string of the molecule is CS(=O)(=O)c1ccc(F)c(NC(=O)c2ccccc2-c2ccc(C(F)(F)F)cc2)c1. The third-order valence-electron chi connectivity index (χ3n) is 4.31. The monoisotopic (exact) mass is 437 g/mol. The third kappa shape index (κ3) is 4.68. The maximum atomic E-state index is 14.1. The van der Waals surface area contributed by atoms with E-state index in [-0.39, 0.29) is 16.1 Å². The van der Waals surface area contributed by atoms with Crippen LogP contribution in [0.25, 0.3) is 11.1 Å². The maximum Gasteiger partial charge on any atom is 0.416 e. The Morgan fingerprint density at radius 1 is 0.933 bits per heavy atom. The molecule has 3 aromatic carbocycles. The van der Waals surface area contributed by atoms with Crippen molar-refractivity contribution in [2.75, 3.05) is 11.6 Å². The highest BCUT2D eigenvalue weighted by atomic mass is 32.2. The summed E-state index contributed by atoms with van der Waals surface area (Å²) in [7, 11) is -3.62. The molecule has 0 unspecified atom stereocenters. The van der Waals surface area contributed by atoms with Gasteiger partial charge in [0.15, 0.2) is 9.84 Å². The number of benzene rings is 3. The molecule has 0 radical (unpaired) electrons. The minimum atomic E-state index is -4.49. The minimum Gasteiger partial charge on any atom is -0.319 e. The number of hydrogen-bond donors (Lipinski definition) is 1. The molecule has 3 rings (SSSR count). The van der Waals surface area contributed by atoms with E-state index < -0.39 is 33.3 Å². The van der Waals surface area contributed by atoms with Gasteiger partial charge in [0.25, 0.3) is 5.91 Å². The topological polar surface area (TPSA) is 63.2 Å². The van der Waals surface area contributed by atoms with Crippen LogP contribution < -0.4 is 5.32 Å². The fourth-order valence-corrected chi connectivity index (χ4v) is 3.44. The van der Waals surface area contributed by atoms with Gasteiger partial charge in [-0.15, -0.1) is 0 Å². The van der Waals surface area contributed by atoms with Gasteiger partial charge in [-0.1, -0.05) is 30.3 Å². The predicted octanol–water partition coefficient (Wildman–Crippen LogP) is 5.17. The molecule has 0 aliphatic heterocycles. The molecule has 9 heteroatoms. The van der Waals surface area contributed by atoms with Crippen LogP contribution in [0, 0.1) is 5.82 Å². The first-order chi connectivity index (χ1) is 14.0. The lowest BCUT2D eigenvalue weighted by molar-refractivity contribution is -0.137. The van der Waals surface area contributed by atoms with Gasteiger partial charge in [0.2, 0.25) is 0 Å². The highest BCUT2D eigenvalue weighted by Gasteiger charge is 2.30. The quantitative estimate of drug-likeness (QED) is 0.453. The Hall–Kier alpha value is -3.20. The van der Waals surface area contributed by atoms with Crippen molar-refractivity contribution >= 4 is 21.4 Å². The molecule has 4 nitrogen and oxygen atoms in total. The second-order valence-corrected chi connectivity index (χ2v) is 8.50. The van der Waals surface area contributed by atoms with Gasteiger partial charge >= 0.3 is 6.18 Å². The second-order valence-electron chi connectivity index (χ2n) is 6.49. The fraction of sp³-hybridized carbons (Fsp3) is 0.0952. The molecule has 0 heterocycles. The van der Waals surface area contributed by atoms with Gasteiger partial charge < -0.3 is 5.32 Å². The molecule has 0 saturated carbocycles. The fourth-order valence-electron chi connectivity index (χ4n) is 2.79. The summed E-state index contributed by atoms with van der Waals surface area (Å²) in [5.74, 6) is -1.57. The number of carbonyl (C=O) groups is 1. The average Bonchev–Trinajstić information content (AvgIpc) is 2.68. The molecule has 0 aliphatic rings. The largest absolute Gasteiger partial charge is 0.416 e. The van der Waals surface area contributed by atoms with Gasteiger partial charge in [-0.05, 0) is 47.5 Å². The van der Waals surface area contributed by atoms with Gasteiger partial charge in [0.05, 0.1) is 16.1 Å². The zero-order valence-electron chi connectivity index (χ0n) is 15.5. The molecule has 0 atom stereocenters. The van der Waals surface area contributed by atoms with Crippen LogP contribution in [-0.4, -0.2) is 20.6 Å². The first-order valence-electron chi connectivity index (χ1n) is 8.54. The molecule has 0 aliphatic carbocycles. The summed E-state index contributed by atoms with van der Waals surface area (Å²) in [6.07, 6.45) is -3.54. The standard InChI is InChI=1S/C21H15F4NO3S/c1-30(28,29)15-10-11-18(22)19(12-15)26-20(27)17-5-3-2-4-16(17)13-6-8-14(9-7-13)21(23,24)25/h2-12H,1H3,(H,26,27). The van der Waals surface area contributed by atoms with Gasteiger partial charge in [-0.25, -0.2) is 12.8 Å². The third-order valence-corrected chi connectivity index (χ3v) is 5.42. The number of amides is 1. The van der Waals surface area contributed by atoms with E-state index in [4.69, 9.17) is 0 Å². The number of rotatable bonds is 4. The number of alkyl halides is 3. The number of anilines is 1. The summed E-state index contributed by atoms with van der Waals surface area (Å²) in [5.41, 5.74) is -0.373. The number of halogens is 4. The molecule has 30 heavy (non-hydrogen) atoms. The van der Waals surface area contributed by atoms with Crippen molar-refractivity contribution in [3.05, 3.63) is 83.7 Å². The molecule has 1 amide bonds. The summed E-state index contributed by atoms with van der Waals surface area (Å²) < 4.78 is 75.8. The molecule has 1 N–H and O–H groups in total. The van der Waals surface area contributed by atoms with Crippen LogP contribution in [-0.2, 0) is 16.0 Å². The average molecular weight is 437 g/mol. The maximum absolute atomic E-state index is 14.1. The van der Waals surface area contributed by atoms with Crippen molar-refractivity contribution in [1.82, 2.24) is 0 Å². The van der Waals surface area contributed by atoms with Crippen molar-refractivity contribution in [2.45, 2.75) is 11.1 Å². The zero-order chi connectivity index (χ0) is 22.1. The van der Waals surface area contributed by atoms with E-state index >= 15 is 0 Å². The first-order valence-corrected chi connectivity index (χ1v) is 10.4. The van der Waals surface area contributed by atoms with Gasteiger partial charge in [0.1, 0.15) is 5.82 Å². The van der Waals surface area contributed by atoms with Crippen LogP contribution in [0.15, 0.2) is 71.6 Å². The molecule has 156 valence electrons. The summed E-state index contributed by atoms with van der Waals surface area (Å²) in [4.78, 5) is 12.6. The number of nitrogens with one attached hydrogen (secondary N) is 1. The Bertz CT molecular complexity index is 1200. The molecule has 0 spiro atoms. The molecule has 0 aromatic heterocycles. The highest BCUT2D eigenvalue weighted by Crippen LogP contribution is 2.32. The van der Waals surface area contributed by atoms with Crippen LogP contribution >= 0.6 is 0 Å². The van der Waals surface area contributed by atoms with Crippen LogP contribution in [0.3, 0.4) is 0 Å². The van der Waals surface area contributed by atoms with Crippen molar-refractivity contribution in [2.24, 2.45) is 0 Å². The second kappa shape index (κ2) is 7.91. The molecule has 0 fully saturated rings. The number of sulfone groups is 1. The molecular formula is C21H15F4NO3S. The Balaban J connectivity index is 1.96. The normalized spacial score (nSPS) is 11.9. The Morgan fingerprint density at radius 2 is 1.57 bits per heavy atom. The summed E-state index contributed by atoms with van der Waals surface area (Å²) in [5, 5.41) is 2.33. The molecule has 3 aromatic rings. The Morgan fingerprint density at radius 3 is 2.17 bits per heavy atom. The first kappa shape index (κ1) is 21.5. The van der Waals surface area contributed by atoms with Gasteiger partial charge in [-0.3, -0.25) is 4.79 Å². The molecule has 0 bridgehead atoms. The van der Waals surface area contributed by atoms with Crippen LogP contribution in [0.4, 0.5) is 23.2 Å². The Labute approximate surface area is 170 Å². The number of hydrogen-bond acceptors (Lipinski definition) is 3. The zero-order valence-corrected chi connectivity index (χ0v) is 16.3. The number of carbonyl (C=O) groups excluding carboxylic acids is 1. The predicted molar refractivity (Wildman–Crippen MR) is 104 cm³/mol. The van der Waals surface area contributed by atoms with Crippen LogP contribution in [0.1, 0.15) is 15.9 Å². The van der Waals surface area contributed by atoms with Crippen molar-refractivity contribution in [3.8, 4) is 11.1 Å². The van der Waals surface area contributed by atoms with Gasteiger partial charge in [-0.2, -0.15) is 13.2 Å². The van der Waals surface area contributed by atoms with E-state index in [1.165, 1.54) is 18.2 Å². The van der Waals surface area contributed by atoms with E-state index in [0.29, 0.717) is 11.1 Å². The van der Waals surface area contributed by atoms with Crippen molar-refractivity contribution in [1.29, 1.82) is 0 Å². The summed E-state index contributed by atoms with van der Waals surface area (Å²) in [6, 6.07) is 13.4. The van der Waals surface area contributed by atoms with Crippen LogP contribution in [0.5, 0.6) is 0 Å². The minimum absolute atomic E-state index is 0.0846. The van der Waals surface area contributed by atoms with E-state index in [1.54, 1.807) is 18.2 Å². The lowest BCUT2D eigenvalue weighted by Crippen LogP contribution is -2.15. The lowest BCUT2D eigenvalue weighted by atomic mass is 9.98. The molecule has 0 saturated heterocycles. The lowest BCUT2D eigenvalue weighted by Gasteiger charge is -2.13. The van der Waals surface area contributed by atoms with E-state index in [1.807, 2.05) is 0 Å². The summed E-state index contributed by atoms with van der Waals surface area (Å²) >= 11 is 0.